The summed E-state index contributed by atoms with van der Waals surface area (Å²) in [5.41, 5.74) is 5.03. The van der Waals surface area contributed by atoms with Gasteiger partial charge in [-0.05, 0) is 12.1 Å². The molecule has 0 unspecified atom stereocenters. The highest BCUT2D eigenvalue weighted by atomic mass is 32.2. The lowest BCUT2D eigenvalue weighted by atomic mass is 10.3. The van der Waals surface area contributed by atoms with Crippen LogP contribution in [0.15, 0.2) is 17.0 Å². The normalized spacial score (nSPS) is 11.6. The third kappa shape index (κ3) is 1.95. The molecule has 0 spiro atoms. The Labute approximate surface area is 74.1 Å². The van der Waals surface area contributed by atoms with Crippen LogP contribution in [0.3, 0.4) is 0 Å². The summed E-state index contributed by atoms with van der Waals surface area (Å²) in [5.74, 6) is -2.66. The molecule has 1 aromatic rings. The first-order chi connectivity index (χ1) is 5.82. The molecule has 0 aliphatic carbocycles. The number of nitrogen functional groups attached to an aromatic ring is 1. The summed E-state index contributed by atoms with van der Waals surface area (Å²) in [4.78, 5) is -0.718. The summed E-state index contributed by atoms with van der Waals surface area (Å²) in [6.45, 7) is 0. The molecule has 72 valence electrons. The number of hydrogen-bond donors (Lipinski definition) is 1. The summed E-state index contributed by atoms with van der Waals surface area (Å²) >= 11 is 0. The first-order valence-corrected chi connectivity index (χ1v) is 5.16. The van der Waals surface area contributed by atoms with Gasteiger partial charge in [-0.2, -0.15) is 0 Å². The van der Waals surface area contributed by atoms with Crippen molar-refractivity contribution < 1.29 is 17.2 Å². The van der Waals surface area contributed by atoms with Gasteiger partial charge in [0.2, 0.25) is 0 Å². The van der Waals surface area contributed by atoms with Crippen LogP contribution in [0, 0.1) is 11.6 Å². The Hall–Kier alpha value is -1.17. The lowest BCUT2D eigenvalue weighted by Gasteiger charge is -2.02. The predicted molar refractivity (Wildman–Crippen MR) is 43.9 cm³/mol. The van der Waals surface area contributed by atoms with Crippen molar-refractivity contribution in [3.05, 3.63) is 23.8 Å². The Kier molecular flexibility index (Phi) is 2.25. The van der Waals surface area contributed by atoms with E-state index in [1.807, 2.05) is 0 Å². The molecule has 0 atom stereocenters. The van der Waals surface area contributed by atoms with Crippen molar-refractivity contribution in [2.24, 2.45) is 0 Å². The molecule has 0 aromatic heterocycles. The summed E-state index contributed by atoms with van der Waals surface area (Å²) in [6.07, 6.45) is 0.782. The van der Waals surface area contributed by atoms with Gasteiger partial charge in [-0.3, -0.25) is 0 Å². The fourth-order valence-electron chi connectivity index (χ4n) is 0.854. The summed E-state index contributed by atoms with van der Waals surface area (Å²) in [7, 11) is -3.77. The van der Waals surface area contributed by atoms with E-state index in [0.717, 1.165) is 18.4 Å². The molecule has 0 bridgehead atoms. The molecular formula is C7H7F2NO2S. The van der Waals surface area contributed by atoms with Crippen molar-refractivity contribution in [1.82, 2.24) is 0 Å². The van der Waals surface area contributed by atoms with Gasteiger partial charge in [0.05, 0.1) is 0 Å². The SMILES string of the molecule is CS(=O)(=O)c1cc(N)cc(F)c1F. The zero-order valence-corrected chi connectivity index (χ0v) is 7.53. The van der Waals surface area contributed by atoms with Crippen LogP contribution in [0.5, 0.6) is 0 Å². The third-order valence-electron chi connectivity index (χ3n) is 1.42. The van der Waals surface area contributed by atoms with Crippen LogP contribution in [0.2, 0.25) is 0 Å². The summed E-state index contributed by atoms with van der Waals surface area (Å²) in [6, 6.07) is 1.61. The van der Waals surface area contributed by atoms with Crippen molar-refractivity contribution in [3.8, 4) is 0 Å². The first kappa shape index (κ1) is 9.91. The second kappa shape index (κ2) is 2.95. The molecule has 0 saturated carbocycles. The molecule has 3 nitrogen and oxygen atoms in total. The van der Waals surface area contributed by atoms with E-state index in [0.29, 0.717) is 0 Å². The zero-order chi connectivity index (χ0) is 10.2. The Morgan fingerprint density at radius 1 is 1.31 bits per heavy atom. The topological polar surface area (TPSA) is 60.2 Å². The van der Waals surface area contributed by atoms with Crippen LogP contribution in [0.1, 0.15) is 0 Å². The van der Waals surface area contributed by atoms with Crippen LogP contribution in [-0.2, 0) is 9.84 Å². The lowest BCUT2D eigenvalue weighted by molar-refractivity contribution is 0.486. The van der Waals surface area contributed by atoms with Crippen molar-refractivity contribution in [3.63, 3.8) is 0 Å². The molecule has 0 aliphatic rings. The number of hydrogen-bond acceptors (Lipinski definition) is 3. The van der Waals surface area contributed by atoms with Gasteiger partial charge in [-0.25, -0.2) is 17.2 Å². The van der Waals surface area contributed by atoms with Crippen molar-refractivity contribution in [2.45, 2.75) is 4.90 Å². The van der Waals surface area contributed by atoms with E-state index in [1.165, 1.54) is 0 Å². The van der Waals surface area contributed by atoms with Crippen LogP contribution in [0.25, 0.3) is 0 Å². The maximum atomic E-state index is 12.9. The minimum atomic E-state index is -3.77. The Morgan fingerprint density at radius 3 is 2.31 bits per heavy atom. The molecule has 0 saturated heterocycles. The molecule has 2 N–H and O–H groups in total. The Balaban J connectivity index is 3.56. The standard InChI is InChI=1S/C7H7F2NO2S/c1-13(11,12)6-3-4(10)2-5(8)7(6)9/h2-3H,10H2,1H3. The van der Waals surface area contributed by atoms with E-state index in [-0.39, 0.29) is 5.69 Å². The smallest absolute Gasteiger partial charge is 0.178 e. The molecule has 0 heterocycles. The van der Waals surface area contributed by atoms with Gasteiger partial charge in [-0.15, -0.1) is 0 Å². The van der Waals surface area contributed by atoms with E-state index in [9.17, 15) is 17.2 Å². The quantitative estimate of drug-likeness (QED) is 0.697. The summed E-state index contributed by atoms with van der Waals surface area (Å²) in [5, 5.41) is 0. The first-order valence-electron chi connectivity index (χ1n) is 3.27. The second-order valence-corrected chi connectivity index (χ2v) is 4.57. The maximum Gasteiger partial charge on any atom is 0.178 e. The molecular weight excluding hydrogens is 200 g/mol. The molecule has 6 heteroatoms. The average molecular weight is 207 g/mol. The number of halogens is 2. The Bertz CT molecular complexity index is 442. The maximum absolute atomic E-state index is 12.9. The number of anilines is 1. The van der Waals surface area contributed by atoms with E-state index >= 15 is 0 Å². The molecule has 1 rings (SSSR count). The van der Waals surface area contributed by atoms with Crippen LogP contribution in [0.4, 0.5) is 14.5 Å². The van der Waals surface area contributed by atoms with Gasteiger partial charge in [0.1, 0.15) is 4.90 Å². The lowest BCUT2D eigenvalue weighted by Crippen LogP contribution is -2.04. The summed E-state index contributed by atoms with van der Waals surface area (Å²) < 4.78 is 47.3. The molecule has 13 heavy (non-hydrogen) atoms. The van der Waals surface area contributed by atoms with Gasteiger partial charge in [0.15, 0.2) is 21.5 Å². The van der Waals surface area contributed by atoms with Crippen LogP contribution < -0.4 is 5.73 Å². The predicted octanol–water partition coefficient (Wildman–Crippen LogP) is 0.951. The van der Waals surface area contributed by atoms with E-state index in [2.05, 4.69) is 0 Å². The number of benzene rings is 1. The number of rotatable bonds is 1. The van der Waals surface area contributed by atoms with Gasteiger partial charge in [0.25, 0.3) is 0 Å². The highest BCUT2D eigenvalue weighted by Gasteiger charge is 2.17. The van der Waals surface area contributed by atoms with Gasteiger partial charge in [-0.1, -0.05) is 0 Å². The van der Waals surface area contributed by atoms with Gasteiger partial charge >= 0.3 is 0 Å². The highest BCUT2D eigenvalue weighted by Crippen LogP contribution is 2.20. The molecule has 1 aromatic carbocycles. The van der Waals surface area contributed by atoms with E-state index in [4.69, 9.17) is 5.73 Å². The monoisotopic (exact) mass is 207 g/mol. The zero-order valence-electron chi connectivity index (χ0n) is 6.71. The van der Waals surface area contributed by atoms with Crippen molar-refractivity contribution in [1.29, 1.82) is 0 Å². The highest BCUT2D eigenvalue weighted by molar-refractivity contribution is 7.90. The van der Waals surface area contributed by atoms with Gasteiger partial charge < -0.3 is 5.73 Å². The minimum Gasteiger partial charge on any atom is -0.399 e. The second-order valence-electron chi connectivity index (χ2n) is 2.59. The van der Waals surface area contributed by atoms with E-state index in [1.54, 1.807) is 0 Å². The third-order valence-corrected chi connectivity index (χ3v) is 2.51. The fraction of sp³-hybridized carbons (Fsp3) is 0.143. The number of sulfone groups is 1. The molecule has 0 fully saturated rings. The van der Waals surface area contributed by atoms with Crippen molar-refractivity contribution in [2.75, 3.05) is 12.0 Å². The largest absolute Gasteiger partial charge is 0.399 e. The molecule has 0 radical (unpaired) electrons. The number of nitrogens with two attached hydrogens (primary N) is 1. The van der Waals surface area contributed by atoms with Crippen molar-refractivity contribution >= 4 is 15.5 Å². The minimum absolute atomic E-state index is 0.126. The van der Waals surface area contributed by atoms with E-state index < -0.39 is 26.4 Å². The average Bonchev–Trinajstić information content (AvgIpc) is 1.94. The Morgan fingerprint density at radius 2 is 1.85 bits per heavy atom. The van der Waals surface area contributed by atoms with Crippen LogP contribution >= 0.6 is 0 Å². The van der Waals surface area contributed by atoms with Gasteiger partial charge in [0, 0.05) is 11.9 Å². The molecule has 0 aliphatic heterocycles. The fourth-order valence-corrected chi connectivity index (χ4v) is 1.63. The van der Waals surface area contributed by atoms with Crippen LogP contribution in [-0.4, -0.2) is 14.7 Å². The molecule has 0 amide bonds.